The number of nitrogens with zero attached hydrogens (tertiary/aromatic N) is 1. The van der Waals surface area contributed by atoms with E-state index < -0.39 is 0 Å². The molecule has 0 atom stereocenters. The molecule has 0 N–H and O–H groups in total. The maximum Gasteiger partial charge on any atom is 0.0725 e. The smallest absolute Gasteiger partial charge is 0.0725 e. The summed E-state index contributed by atoms with van der Waals surface area (Å²) in [6, 6.07) is 86.8. The average Bonchev–Trinajstić information content (AvgIpc) is 4.05. The van der Waals surface area contributed by atoms with Crippen LogP contribution in [-0.2, 0) is 10.8 Å². The van der Waals surface area contributed by atoms with Gasteiger partial charge in [0, 0.05) is 28.4 Å². The van der Waals surface area contributed by atoms with Gasteiger partial charge in [-0.2, -0.15) is 0 Å². The number of benzene rings is 10. The minimum absolute atomic E-state index is 0.126. The van der Waals surface area contributed by atoms with Crippen LogP contribution in [0, 0.1) is 0 Å². The van der Waals surface area contributed by atoms with Crippen LogP contribution >= 0.6 is 0 Å². The highest BCUT2D eigenvalue weighted by Crippen LogP contribution is 2.63. The number of hydrogen-bond acceptors (Lipinski definition) is 1. The van der Waals surface area contributed by atoms with E-state index >= 15 is 0 Å². The third-order valence-electron chi connectivity index (χ3n) is 15.6. The summed E-state index contributed by atoms with van der Waals surface area (Å²) in [5, 5.41) is 0. The van der Waals surface area contributed by atoms with Crippen molar-refractivity contribution in [1.29, 1.82) is 0 Å². The highest BCUT2D eigenvalue weighted by Gasteiger charge is 2.51. The van der Waals surface area contributed by atoms with Crippen LogP contribution in [0.1, 0.15) is 69.8 Å². The predicted molar refractivity (Wildman–Crippen MR) is 273 cm³/mol. The van der Waals surface area contributed by atoms with Crippen molar-refractivity contribution in [3.63, 3.8) is 0 Å². The van der Waals surface area contributed by atoms with Gasteiger partial charge in [-0.1, -0.05) is 208 Å². The summed E-state index contributed by atoms with van der Waals surface area (Å²) in [4.78, 5) is 2.48. The second-order valence-corrected chi connectivity index (χ2v) is 19.1. The van der Waals surface area contributed by atoms with Crippen LogP contribution in [0.3, 0.4) is 0 Å². The molecule has 0 unspecified atom stereocenters. The van der Waals surface area contributed by atoms with Gasteiger partial charge >= 0.3 is 0 Å². The predicted octanol–water partition coefficient (Wildman–Crippen LogP) is 16.6. The maximum absolute atomic E-state index is 2.48. The van der Waals surface area contributed by atoms with Crippen LogP contribution < -0.4 is 4.90 Å². The Hall–Kier alpha value is -8.00. The summed E-state index contributed by atoms with van der Waals surface area (Å²) < 4.78 is 0. The highest BCUT2D eigenvalue weighted by atomic mass is 15.1. The van der Waals surface area contributed by atoms with E-state index in [0.29, 0.717) is 0 Å². The molecule has 1 heteroatoms. The van der Waals surface area contributed by atoms with Crippen molar-refractivity contribution in [2.24, 2.45) is 0 Å². The molecule has 0 aliphatic heterocycles. The fourth-order valence-corrected chi connectivity index (χ4v) is 12.7. The average molecular weight is 840 g/mol. The van der Waals surface area contributed by atoms with Crippen LogP contribution in [-0.4, -0.2) is 0 Å². The molecule has 0 bridgehead atoms. The summed E-state index contributed by atoms with van der Waals surface area (Å²) >= 11 is 0. The van der Waals surface area contributed by atoms with Crippen molar-refractivity contribution >= 4 is 17.1 Å². The monoisotopic (exact) mass is 839 g/mol. The first-order chi connectivity index (χ1) is 32.5. The van der Waals surface area contributed by atoms with Gasteiger partial charge in [-0.15, -0.1) is 0 Å². The van der Waals surface area contributed by atoms with Crippen LogP contribution in [0.25, 0.3) is 55.6 Å². The first kappa shape index (κ1) is 37.4. The van der Waals surface area contributed by atoms with E-state index in [4.69, 9.17) is 0 Å². The first-order valence-corrected chi connectivity index (χ1v) is 23.4. The van der Waals surface area contributed by atoms with Gasteiger partial charge in [0.2, 0.25) is 0 Å². The summed E-state index contributed by atoms with van der Waals surface area (Å²) in [5.74, 6) is 0.236. The summed E-state index contributed by atoms with van der Waals surface area (Å²) in [5.41, 5.74) is 28.2. The highest BCUT2D eigenvalue weighted by molar-refractivity contribution is 5.97. The third-order valence-corrected chi connectivity index (χ3v) is 15.6. The summed E-state index contributed by atoms with van der Waals surface area (Å²) in [6.45, 7) is 4.75. The number of rotatable bonds is 5. The zero-order chi connectivity index (χ0) is 43.7. The van der Waals surface area contributed by atoms with Crippen molar-refractivity contribution < 1.29 is 0 Å². The van der Waals surface area contributed by atoms with Gasteiger partial charge in [-0.3, -0.25) is 0 Å². The molecular weight excluding hydrogens is 795 g/mol. The maximum atomic E-state index is 2.48. The lowest BCUT2D eigenvalue weighted by molar-refractivity contribution is 0.660. The van der Waals surface area contributed by atoms with Gasteiger partial charge in [-0.25, -0.2) is 0 Å². The molecule has 0 aromatic heterocycles. The lowest BCUT2D eigenvalue weighted by Crippen LogP contribution is -2.25. The fraction of sp³-hybridized carbons (Fsp3) is 0.0769. The van der Waals surface area contributed by atoms with Crippen molar-refractivity contribution in [2.75, 3.05) is 4.90 Å². The van der Waals surface area contributed by atoms with Gasteiger partial charge in [0.05, 0.1) is 5.41 Å². The molecule has 0 amide bonds. The molecule has 0 heterocycles. The lowest BCUT2D eigenvalue weighted by atomic mass is 9.70. The van der Waals surface area contributed by atoms with E-state index in [1.165, 1.54) is 106 Å². The lowest BCUT2D eigenvalue weighted by Gasteiger charge is -2.31. The van der Waals surface area contributed by atoms with Crippen molar-refractivity contribution in [2.45, 2.75) is 30.6 Å². The molecule has 310 valence electrons. The number of anilines is 3. The van der Waals surface area contributed by atoms with Gasteiger partial charge in [0.1, 0.15) is 0 Å². The van der Waals surface area contributed by atoms with E-state index in [1.807, 2.05) is 0 Å². The van der Waals surface area contributed by atoms with Crippen LogP contribution in [0.4, 0.5) is 17.1 Å². The zero-order valence-electron chi connectivity index (χ0n) is 37.0. The van der Waals surface area contributed by atoms with Crippen molar-refractivity contribution in [1.82, 2.24) is 0 Å². The Morgan fingerprint density at radius 1 is 0.303 bits per heavy atom. The Bertz CT molecular complexity index is 3530. The minimum atomic E-state index is -0.381. The SMILES string of the molecule is CC1(C)c2ccccc2-c2ccc(N(c3ccc(-c4ccc(C5c6ccccc6-c6ccccc65)cc4)cc3)c3ccc4c(c3)-c3ccccc3C43c4ccccc4-c4ccccc43)cc21. The molecule has 10 aromatic rings. The van der Waals surface area contributed by atoms with Crippen LogP contribution in [0.5, 0.6) is 0 Å². The Kier molecular flexibility index (Phi) is 7.79. The van der Waals surface area contributed by atoms with Crippen LogP contribution in [0.15, 0.2) is 231 Å². The molecule has 4 aliphatic rings. The van der Waals surface area contributed by atoms with Gasteiger partial charge < -0.3 is 4.90 Å². The van der Waals surface area contributed by atoms with Gasteiger partial charge in [0.25, 0.3) is 0 Å². The van der Waals surface area contributed by atoms with E-state index in [2.05, 4.69) is 249 Å². The van der Waals surface area contributed by atoms with Crippen molar-refractivity contribution in [3.05, 3.63) is 281 Å². The molecule has 66 heavy (non-hydrogen) atoms. The molecule has 0 saturated carbocycles. The molecule has 0 saturated heterocycles. The molecule has 0 radical (unpaired) electrons. The second-order valence-electron chi connectivity index (χ2n) is 19.1. The van der Waals surface area contributed by atoms with E-state index in [1.54, 1.807) is 0 Å². The molecule has 1 nitrogen and oxygen atoms in total. The standard InChI is InChI=1S/C65H45N/c1-64(2)57-23-11-7-17-49(57)53-37-35-46(40-62(53)64)66(44-33-31-42(32-34-44)41-27-29-43(30-28-41)63-54-21-5-3-15-47(54)48-16-4-6-22-55(48)63)45-36-38-61-56(39-45)52-20-10-14-26-60(52)65(61)58-24-12-8-18-50(58)51-19-9-13-25-59(51)65/h3-40,63H,1-2H3. The Balaban J connectivity index is 0.898. The molecular formula is C65H45N. The third kappa shape index (κ3) is 5.00. The normalized spacial score (nSPS) is 14.7. The molecule has 4 aliphatic carbocycles. The minimum Gasteiger partial charge on any atom is -0.310 e. The Morgan fingerprint density at radius 3 is 1.27 bits per heavy atom. The summed E-state index contributed by atoms with van der Waals surface area (Å²) in [7, 11) is 0. The zero-order valence-corrected chi connectivity index (χ0v) is 37.0. The van der Waals surface area contributed by atoms with Crippen LogP contribution in [0.2, 0.25) is 0 Å². The van der Waals surface area contributed by atoms with E-state index in [0.717, 1.165) is 17.1 Å². The molecule has 1 spiro atoms. The van der Waals surface area contributed by atoms with Gasteiger partial charge in [-0.05, 0) is 142 Å². The quantitative estimate of drug-likeness (QED) is 0.167. The van der Waals surface area contributed by atoms with E-state index in [-0.39, 0.29) is 16.7 Å². The Morgan fingerprint density at radius 2 is 0.697 bits per heavy atom. The van der Waals surface area contributed by atoms with E-state index in [9.17, 15) is 0 Å². The fourth-order valence-electron chi connectivity index (χ4n) is 12.7. The van der Waals surface area contributed by atoms with Gasteiger partial charge in [0.15, 0.2) is 0 Å². The first-order valence-electron chi connectivity index (χ1n) is 23.4. The number of fused-ring (bicyclic) bond motifs is 16. The number of hydrogen-bond donors (Lipinski definition) is 0. The molecule has 14 rings (SSSR count). The van der Waals surface area contributed by atoms with Crippen molar-refractivity contribution in [3.8, 4) is 55.6 Å². The Labute approximate surface area is 387 Å². The molecule has 0 fully saturated rings. The largest absolute Gasteiger partial charge is 0.310 e. The topological polar surface area (TPSA) is 3.24 Å². The second kappa shape index (κ2) is 13.8. The summed E-state index contributed by atoms with van der Waals surface area (Å²) in [6.07, 6.45) is 0. The molecule has 10 aromatic carbocycles.